The van der Waals surface area contributed by atoms with Gasteiger partial charge in [0.05, 0.1) is 62.6 Å². The topological polar surface area (TPSA) is 189 Å². The number of aromatic hydroxyl groups is 2. The van der Waals surface area contributed by atoms with E-state index < -0.39 is 0 Å². The van der Waals surface area contributed by atoms with Gasteiger partial charge in [-0.15, -0.1) is 22.7 Å². The Labute approximate surface area is 403 Å². The molecule has 0 radical (unpaired) electrons. The van der Waals surface area contributed by atoms with Gasteiger partial charge in [0, 0.05) is 59.4 Å². The van der Waals surface area contributed by atoms with Crippen LogP contribution in [0.15, 0.2) is 105 Å². The lowest BCUT2D eigenvalue weighted by molar-refractivity contribution is -0.704. The van der Waals surface area contributed by atoms with Crippen molar-refractivity contribution in [1.29, 1.82) is 0 Å². The van der Waals surface area contributed by atoms with Crippen molar-refractivity contribution >= 4 is 85.1 Å². The van der Waals surface area contributed by atoms with E-state index in [-0.39, 0.29) is 47.7 Å². The first-order valence-corrected chi connectivity index (χ1v) is 24.7. The number of benzene rings is 4. The van der Waals surface area contributed by atoms with Crippen LogP contribution in [0.1, 0.15) is 70.9 Å². The van der Waals surface area contributed by atoms with Gasteiger partial charge in [0.2, 0.25) is 6.20 Å². The van der Waals surface area contributed by atoms with E-state index in [0.717, 1.165) is 68.9 Å². The highest BCUT2D eigenvalue weighted by atomic mass is 32.1. The van der Waals surface area contributed by atoms with Gasteiger partial charge in [-0.3, -0.25) is 28.1 Å². The maximum Gasteiger partial charge on any atom is 0.334 e. The molecule has 14 rings (SSSR count). The van der Waals surface area contributed by atoms with Gasteiger partial charge in [-0.25, -0.2) is 15.0 Å². The molecule has 2 saturated carbocycles. The average Bonchev–Trinajstić information content (AvgIpc) is 3.85. The highest BCUT2D eigenvalue weighted by Gasteiger charge is 2.49. The zero-order chi connectivity index (χ0) is 47.4. The molecule has 2 atom stereocenters. The van der Waals surface area contributed by atoms with E-state index in [1.807, 2.05) is 80.2 Å². The summed E-state index contributed by atoms with van der Waals surface area (Å²) in [6, 6.07) is 15.8. The third kappa shape index (κ3) is 6.18. The summed E-state index contributed by atoms with van der Waals surface area (Å²) in [5.74, 6) is 2.69. The molecule has 2 N–H and O–H groups in total. The van der Waals surface area contributed by atoms with Crippen LogP contribution in [0.3, 0.4) is 0 Å². The zero-order valence-electron chi connectivity index (χ0n) is 38.2. The van der Waals surface area contributed by atoms with Crippen LogP contribution in [0.4, 0.5) is 0 Å². The molecular formula is C52H41N10O6S2+. The van der Waals surface area contributed by atoms with Crippen molar-refractivity contribution in [1.82, 2.24) is 43.6 Å². The molecule has 4 aromatic carbocycles. The molecule has 70 heavy (non-hydrogen) atoms. The summed E-state index contributed by atoms with van der Waals surface area (Å²) < 4.78 is 22.4. The van der Waals surface area contributed by atoms with E-state index in [4.69, 9.17) is 23.9 Å². The number of phenols is 2. The Morgan fingerprint density at radius 2 is 1.41 bits per heavy atom. The predicted octanol–water partition coefficient (Wildman–Crippen LogP) is 9.24. The minimum absolute atomic E-state index is 0.00806. The summed E-state index contributed by atoms with van der Waals surface area (Å²) in [4.78, 5) is 45.7. The van der Waals surface area contributed by atoms with Gasteiger partial charge in [-0.2, -0.15) is 14.8 Å². The number of thiophene rings is 2. The van der Waals surface area contributed by atoms with Crippen LogP contribution in [0.5, 0.6) is 11.5 Å². The Bertz CT molecular complexity index is 4340. The van der Waals surface area contributed by atoms with Crippen LogP contribution in [-0.4, -0.2) is 53.9 Å². The normalized spacial score (nSPS) is 16.1. The summed E-state index contributed by atoms with van der Waals surface area (Å²) in [5.41, 5.74) is 6.43. The van der Waals surface area contributed by atoms with Gasteiger partial charge < -0.3 is 19.0 Å². The summed E-state index contributed by atoms with van der Waals surface area (Å²) in [6.07, 6.45) is 13.4. The van der Waals surface area contributed by atoms with Crippen LogP contribution >= 0.6 is 22.7 Å². The number of rotatable bonds is 9. The van der Waals surface area contributed by atoms with Crippen LogP contribution in [-0.2, 0) is 27.2 Å². The van der Waals surface area contributed by atoms with Crippen LogP contribution in [0.2, 0.25) is 0 Å². The fraction of sp³-hybridized carbons (Fsp3) is 0.231. The van der Waals surface area contributed by atoms with Crippen molar-refractivity contribution in [3.8, 4) is 34.3 Å². The van der Waals surface area contributed by atoms with Crippen LogP contribution < -0.4 is 15.7 Å². The molecule has 2 fully saturated rings. The average molecular weight is 966 g/mol. The van der Waals surface area contributed by atoms with Gasteiger partial charge in [0.15, 0.2) is 18.2 Å². The summed E-state index contributed by atoms with van der Waals surface area (Å²) in [5, 5.41) is 35.8. The first kappa shape index (κ1) is 41.1. The molecule has 0 bridgehead atoms. The Morgan fingerprint density at radius 1 is 0.771 bits per heavy atom. The van der Waals surface area contributed by atoms with Crippen molar-refractivity contribution < 1.29 is 23.6 Å². The van der Waals surface area contributed by atoms with E-state index in [1.54, 1.807) is 21.7 Å². The molecular weight excluding hydrogens is 925 g/mol. The lowest BCUT2D eigenvalue weighted by Gasteiger charge is -2.15. The molecule has 16 nitrogen and oxygen atoms in total. The minimum atomic E-state index is -0.253. The molecule has 2 aliphatic rings. The second kappa shape index (κ2) is 14.8. The number of hydrogen-bond acceptors (Lipinski definition) is 13. The van der Waals surface area contributed by atoms with Crippen molar-refractivity contribution in [2.24, 2.45) is 14.1 Å². The third-order valence-electron chi connectivity index (χ3n) is 14.4. The number of oxazole rings is 2. The van der Waals surface area contributed by atoms with E-state index in [0.29, 0.717) is 75.3 Å². The molecule has 18 heteroatoms. The van der Waals surface area contributed by atoms with Gasteiger partial charge in [0.25, 0.3) is 11.1 Å². The van der Waals surface area contributed by atoms with E-state index >= 15 is 4.79 Å². The number of aromatic nitrogens is 10. The zero-order valence-corrected chi connectivity index (χ0v) is 39.8. The summed E-state index contributed by atoms with van der Waals surface area (Å²) in [7, 11) is 3.80. The molecule has 0 amide bonds. The first-order valence-electron chi connectivity index (χ1n) is 23.1. The predicted molar refractivity (Wildman–Crippen MR) is 267 cm³/mol. The van der Waals surface area contributed by atoms with Crippen molar-refractivity contribution in [3.05, 3.63) is 141 Å². The van der Waals surface area contributed by atoms with E-state index in [1.165, 1.54) is 29.1 Å². The smallest absolute Gasteiger partial charge is 0.334 e. The van der Waals surface area contributed by atoms with E-state index in [9.17, 15) is 15.0 Å². The fourth-order valence-corrected chi connectivity index (χ4v) is 12.8. The molecule has 8 heterocycles. The maximum atomic E-state index is 15.1. The largest absolute Gasteiger partial charge is 0.506 e. The number of hydrogen-bond donors (Lipinski definition) is 2. The lowest BCUT2D eigenvalue weighted by Crippen LogP contribution is -2.30. The Balaban J connectivity index is 0.888. The summed E-state index contributed by atoms with van der Waals surface area (Å²) in [6.45, 7) is 3.88. The summed E-state index contributed by atoms with van der Waals surface area (Å²) >= 11 is 2.63. The molecule has 2 aliphatic carbocycles. The van der Waals surface area contributed by atoms with Gasteiger partial charge in [0.1, 0.15) is 38.6 Å². The molecule has 0 saturated heterocycles. The van der Waals surface area contributed by atoms with Crippen molar-refractivity contribution in [2.45, 2.75) is 64.1 Å². The molecule has 346 valence electrons. The lowest BCUT2D eigenvalue weighted by atomic mass is 9.99. The number of nitrogens with zero attached hydrogens (tertiary/aromatic N) is 10. The molecule has 2 unspecified atom stereocenters. The van der Waals surface area contributed by atoms with Crippen LogP contribution in [0.25, 0.3) is 85.2 Å². The molecule has 0 aliphatic heterocycles. The Kier molecular flexibility index (Phi) is 8.66. The number of phenolic OH excluding ortho intramolecular Hbond substituents is 2. The first-order chi connectivity index (χ1) is 33.9. The Hall–Kier alpha value is -7.96. The number of aryl methyl sites for hydroxylation is 4. The molecule has 0 spiro atoms. The molecule has 8 aromatic heterocycles. The fourth-order valence-electron chi connectivity index (χ4n) is 10.5. The van der Waals surface area contributed by atoms with Crippen LogP contribution in [0, 0.1) is 13.8 Å². The monoisotopic (exact) mass is 965 g/mol. The van der Waals surface area contributed by atoms with Gasteiger partial charge in [-0.1, -0.05) is 24.3 Å². The van der Waals surface area contributed by atoms with Crippen molar-refractivity contribution in [2.75, 3.05) is 0 Å². The number of fused-ring (bicyclic) bond motifs is 8. The van der Waals surface area contributed by atoms with E-state index in [2.05, 4.69) is 38.9 Å². The third-order valence-corrected chi connectivity index (χ3v) is 16.6. The highest BCUT2D eigenvalue weighted by Crippen LogP contribution is 2.52. The van der Waals surface area contributed by atoms with Gasteiger partial charge in [-0.05, 0) is 79.1 Å². The second-order valence-electron chi connectivity index (χ2n) is 18.9. The highest BCUT2D eigenvalue weighted by molar-refractivity contribution is 7.26. The second-order valence-corrected chi connectivity index (χ2v) is 20.9. The maximum absolute atomic E-state index is 15.1. The quantitative estimate of drug-likeness (QED) is 0.131. The van der Waals surface area contributed by atoms with Crippen molar-refractivity contribution in [3.63, 3.8) is 0 Å². The SMILES string of the molecule is Cc1ccc2c(sc3nc(-c4cc5nn(C)cc5cc4C4CC4)n(Cc4c[n+](C5CC5c5cc6cnn(C)c6cc5-c5nc6sc7c(O)c(C)ccc7c6c(=O)n5Cc5cnco5)co4)c(=O)c32)c1O. The standard InChI is InChI=1S/C52H40N10O6S2/c1-24-5-9-31-41-50(70-45(31)43(24)63)56-48(61(51(41)65)20-29-17-53-22-67-29)37-15-39-27(16-54-59(39)4)11-34(37)35-14-40(35)60-19-30(68-23-60)21-62-47(36-13-38-28(18-58(3)57-38)12-33(36)26-7-8-26)55-49-42(52(62)66)32-10-6-25(2)44(64)46(32)69-49/h5-6,9-13,15-19,22-23,26,35,40H,7-8,14,20-21H2,1-4H3,(H-,63,64)/p+1. The molecule has 12 aromatic rings. The Morgan fingerprint density at radius 3 is 2.06 bits per heavy atom. The minimum Gasteiger partial charge on any atom is -0.506 e. The van der Waals surface area contributed by atoms with Gasteiger partial charge >= 0.3 is 6.39 Å².